The molecule has 1 atom stereocenters. The van der Waals surface area contributed by atoms with E-state index in [0.29, 0.717) is 6.61 Å². The van der Waals surface area contributed by atoms with E-state index in [9.17, 15) is 0 Å². The fraction of sp³-hybridized carbons (Fsp3) is 0.500. The van der Waals surface area contributed by atoms with Gasteiger partial charge in [-0.3, -0.25) is 4.98 Å². The molecule has 0 aliphatic rings. The first-order chi connectivity index (χ1) is 6.29. The average molecular weight is 180 g/mol. The normalized spacial score (nSPS) is 12.8. The van der Waals surface area contributed by atoms with Gasteiger partial charge in [-0.25, -0.2) is 0 Å². The van der Waals surface area contributed by atoms with E-state index in [-0.39, 0.29) is 6.04 Å². The van der Waals surface area contributed by atoms with Crippen LogP contribution in [-0.2, 0) is 11.2 Å². The summed E-state index contributed by atoms with van der Waals surface area (Å²) in [4.78, 5) is 4.26. The lowest BCUT2D eigenvalue weighted by Gasteiger charge is -2.12. The van der Waals surface area contributed by atoms with Crippen LogP contribution in [0, 0.1) is 0 Å². The van der Waals surface area contributed by atoms with Crippen molar-refractivity contribution in [3.05, 3.63) is 29.6 Å². The molecule has 1 aromatic rings. The molecule has 3 nitrogen and oxygen atoms in total. The third-order valence-electron chi connectivity index (χ3n) is 2.00. The zero-order chi connectivity index (χ0) is 9.68. The van der Waals surface area contributed by atoms with Crippen molar-refractivity contribution < 1.29 is 4.74 Å². The van der Waals surface area contributed by atoms with Gasteiger partial charge in [-0.1, -0.05) is 13.0 Å². The Morgan fingerprint density at radius 2 is 2.38 bits per heavy atom. The molecule has 0 unspecified atom stereocenters. The zero-order valence-corrected chi connectivity index (χ0v) is 8.16. The van der Waals surface area contributed by atoms with Crippen molar-refractivity contribution in [1.29, 1.82) is 0 Å². The Kier molecular flexibility index (Phi) is 3.86. The van der Waals surface area contributed by atoms with Gasteiger partial charge in [-0.05, 0) is 18.1 Å². The summed E-state index contributed by atoms with van der Waals surface area (Å²) >= 11 is 0. The second kappa shape index (κ2) is 4.94. The summed E-state index contributed by atoms with van der Waals surface area (Å²) in [5, 5.41) is 0. The van der Waals surface area contributed by atoms with E-state index in [1.807, 2.05) is 6.07 Å². The Bertz CT molecular complexity index is 263. The highest BCUT2D eigenvalue weighted by Gasteiger charge is 2.10. The maximum atomic E-state index is 5.89. The minimum atomic E-state index is -0.110. The highest BCUT2D eigenvalue weighted by atomic mass is 16.5. The topological polar surface area (TPSA) is 48.1 Å². The third-order valence-corrected chi connectivity index (χ3v) is 2.00. The Balaban J connectivity index is 2.85. The van der Waals surface area contributed by atoms with Gasteiger partial charge in [0.05, 0.1) is 18.3 Å². The van der Waals surface area contributed by atoms with Crippen molar-refractivity contribution in [2.24, 2.45) is 5.73 Å². The van der Waals surface area contributed by atoms with Gasteiger partial charge in [-0.15, -0.1) is 0 Å². The van der Waals surface area contributed by atoms with Crippen molar-refractivity contribution in [2.45, 2.75) is 19.4 Å². The van der Waals surface area contributed by atoms with E-state index in [1.165, 1.54) is 5.56 Å². The lowest BCUT2D eigenvalue weighted by Crippen LogP contribution is -2.19. The van der Waals surface area contributed by atoms with Gasteiger partial charge in [0.1, 0.15) is 0 Å². The Morgan fingerprint density at radius 1 is 1.62 bits per heavy atom. The number of hydrogen-bond donors (Lipinski definition) is 1. The summed E-state index contributed by atoms with van der Waals surface area (Å²) in [7, 11) is 1.65. The predicted molar refractivity (Wildman–Crippen MR) is 52.4 cm³/mol. The second-order valence-electron chi connectivity index (χ2n) is 2.96. The van der Waals surface area contributed by atoms with Crippen LogP contribution < -0.4 is 5.73 Å². The molecule has 1 aromatic heterocycles. The Labute approximate surface area is 78.9 Å². The van der Waals surface area contributed by atoms with Crippen molar-refractivity contribution in [3.63, 3.8) is 0 Å². The number of hydrogen-bond acceptors (Lipinski definition) is 3. The maximum absolute atomic E-state index is 5.89. The van der Waals surface area contributed by atoms with Gasteiger partial charge in [0.15, 0.2) is 0 Å². The number of pyridine rings is 1. The second-order valence-corrected chi connectivity index (χ2v) is 2.96. The van der Waals surface area contributed by atoms with Crippen LogP contribution in [-0.4, -0.2) is 18.7 Å². The van der Waals surface area contributed by atoms with Crippen LogP contribution in [0.1, 0.15) is 24.2 Å². The van der Waals surface area contributed by atoms with Crippen LogP contribution in [0.3, 0.4) is 0 Å². The summed E-state index contributed by atoms with van der Waals surface area (Å²) in [5.74, 6) is 0. The van der Waals surface area contributed by atoms with E-state index >= 15 is 0 Å². The van der Waals surface area contributed by atoms with Crippen LogP contribution in [0.25, 0.3) is 0 Å². The molecule has 0 saturated heterocycles. The molecule has 72 valence electrons. The van der Waals surface area contributed by atoms with Crippen molar-refractivity contribution in [1.82, 2.24) is 4.98 Å². The Morgan fingerprint density at radius 3 is 3.00 bits per heavy atom. The number of nitrogens with two attached hydrogens (primary N) is 1. The minimum Gasteiger partial charge on any atom is -0.383 e. The van der Waals surface area contributed by atoms with Crippen LogP contribution >= 0.6 is 0 Å². The molecule has 1 rings (SSSR count). The first-order valence-corrected chi connectivity index (χ1v) is 4.47. The summed E-state index contributed by atoms with van der Waals surface area (Å²) in [6.07, 6.45) is 2.73. The molecule has 2 N–H and O–H groups in total. The number of nitrogens with zero attached hydrogens (tertiary/aromatic N) is 1. The first kappa shape index (κ1) is 10.2. The quantitative estimate of drug-likeness (QED) is 0.759. The molecule has 13 heavy (non-hydrogen) atoms. The highest BCUT2D eigenvalue weighted by Crippen LogP contribution is 2.13. The molecule has 0 aromatic carbocycles. The SMILES string of the molecule is CCc1cccnc1[C@@H](N)COC. The molecule has 0 radical (unpaired) electrons. The highest BCUT2D eigenvalue weighted by molar-refractivity contribution is 5.22. The molecule has 0 saturated carbocycles. The zero-order valence-electron chi connectivity index (χ0n) is 8.16. The summed E-state index contributed by atoms with van der Waals surface area (Å²) in [5.41, 5.74) is 8.05. The fourth-order valence-electron chi connectivity index (χ4n) is 1.34. The summed E-state index contributed by atoms with van der Waals surface area (Å²) < 4.78 is 4.99. The van der Waals surface area contributed by atoms with Crippen molar-refractivity contribution in [2.75, 3.05) is 13.7 Å². The molecular formula is C10H16N2O. The third kappa shape index (κ3) is 2.50. The molecule has 0 aliphatic carbocycles. The van der Waals surface area contributed by atoms with E-state index in [2.05, 4.69) is 18.0 Å². The molecule has 3 heteroatoms. The van der Waals surface area contributed by atoms with E-state index < -0.39 is 0 Å². The first-order valence-electron chi connectivity index (χ1n) is 4.47. The lowest BCUT2D eigenvalue weighted by atomic mass is 10.1. The molecule has 0 aliphatic heterocycles. The molecule has 0 spiro atoms. The number of aryl methyl sites for hydroxylation is 1. The van der Waals surface area contributed by atoms with Crippen molar-refractivity contribution in [3.8, 4) is 0 Å². The Hall–Kier alpha value is -0.930. The van der Waals surface area contributed by atoms with Crippen LogP contribution in [0.2, 0.25) is 0 Å². The fourth-order valence-corrected chi connectivity index (χ4v) is 1.34. The monoisotopic (exact) mass is 180 g/mol. The number of ether oxygens (including phenoxy) is 1. The van der Waals surface area contributed by atoms with E-state index in [4.69, 9.17) is 10.5 Å². The summed E-state index contributed by atoms with van der Waals surface area (Å²) in [6, 6.07) is 3.88. The lowest BCUT2D eigenvalue weighted by molar-refractivity contribution is 0.179. The number of rotatable bonds is 4. The molecule has 0 fully saturated rings. The van der Waals surface area contributed by atoms with Gasteiger partial charge in [0, 0.05) is 13.3 Å². The van der Waals surface area contributed by atoms with Gasteiger partial charge in [-0.2, -0.15) is 0 Å². The van der Waals surface area contributed by atoms with E-state index in [0.717, 1.165) is 12.1 Å². The van der Waals surface area contributed by atoms with E-state index in [1.54, 1.807) is 13.3 Å². The molecule has 1 heterocycles. The predicted octanol–water partition coefficient (Wildman–Crippen LogP) is 1.29. The molecule has 0 bridgehead atoms. The average Bonchev–Trinajstić information content (AvgIpc) is 2.18. The largest absolute Gasteiger partial charge is 0.383 e. The van der Waals surface area contributed by atoms with Crippen LogP contribution in [0.4, 0.5) is 0 Å². The van der Waals surface area contributed by atoms with Crippen LogP contribution in [0.15, 0.2) is 18.3 Å². The van der Waals surface area contributed by atoms with Crippen LogP contribution in [0.5, 0.6) is 0 Å². The minimum absolute atomic E-state index is 0.110. The molecule has 0 amide bonds. The van der Waals surface area contributed by atoms with Crippen molar-refractivity contribution >= 4 is 0 Å². The van der Waals surface area contributed by atoms with Gasteiger partial charge >= 0.3 is 0 Å². The number of methoxy groups -OCH3 is 1. The number of aromatic nitrogens is 1. The maximum Gasteiger partial charge on any atom is 0.0710 e. The van der Waals surface area contributed by atoms with Gasteiger partial charge in [0.2, 0.25) is 0 Å². The standard InChI is InChI=1S/C10H16N2O/c1-3-8-5-4-6-12-10(8)9(11)7-13-2/h4-6,9H,3,7,11H2,1-2H3/t9-/m0/s1. The smallest absolute Gasteiger partial charge is 0.0710 e. The molecular weight excluding hydrogens is 164 g/mol. The summed E-state index contributed by atoms with van der Waals surface area (Å²) in [6.45, 7) is 2.62. The van der Waals surface area contributed by atoms with Gasteiger partial charge in [0.25, 0.3) is 0 Å². The van der Waals surface area contributed by atoms with Gasteiger partial charge < -0.3 is 10.5 Å².